The van der Waals surface area contributed by atoms with E-state index in [1.54, 1.807) is 7.11 Å². The van der Waals surface area contributed by atoms with Gasteiger partial charge >= 0.3 is 0 Å². The maximum absolute atomic E-state index is 9.94. The largest absolute Gasteiger partial charge is 0.492 e. The minimum Gasteiger partial charge on any atom is -0.492 e. The second-order valence-electron chi connectivity index (χ2n) is 9.44. The molecule has 6 nitrogen and oxygen atoms in total. The molecule has 6 heteroatoms. The molecule has 32 heavy (non-hydrogen) atoms. The smallest absolute Gasteiger partial charge is 0.231 e. The molecule has 0 amide bonds. The fourth-order valence-corrected chi connectivity index (χ4v) is 5.22. The van der Waals surface area contributed by atoms with Gasteiger partial charge in [0.05, 0.1) is 12.8 Å². The van der Waals surface area contributed by atoms with Gasteiger partial charge in [-0.25, -0.2) is 0 Å². The molecular weight excluding hydrogens is 404 g/mol. The van der Waals surface area contributed by atoms with E-state index >= 15 is 0 Å². The highest BCUT2D eigenvalue weighted by Crippen LogP contribution is 2.50. The molecule has 1 aromatic rings. The molecule has 0 saturated carbocycles. The summed E-state index contributed by atoms with van der Waals surface area (Å²) in [5, 5.41) is 13.7. The topological polar surface area (TPSA) is 63.5 Å². The first-order valence-electron chi connectivity index (χ1n) is 11.7. The minimum absolute atomic E-state index is 0.0605. The van der Waals surface area contributed by atoms with E-state index in [1.807, 2.05) is 0 Å². The highest BCUT2D eigenvalue weighted by atomic mass is 16.7. The molecular formula is C26H36N2O4. The minimum atomic E-state index is 0.0605. The lowest BCUT2D eigenvalue weighted by molar-refractivity contribution is 0.170. The summed E-state index contributed by atoms with van der Waals surface area (Å²) in [5.74, 6) is 2.91. The van der Waals surface area contributed by atoms with E-state index in [1.165, 1.54) is 23.1 Å². The molecule has 2 heterocycles. The lowest BCUT2D eigenvalue weighted by atomic mass is 9.82. The number of rotatable bonds is 7. The van der Waals surface area contributed by atoms with Gasteiger partial charge in [-0.2, -0.15) is 0 Å². The Morgan fingerprint density at radius 3 is 2.84 bits per heavy atom. The van der Waals surface area contributed by atoms with Crippen molar-refractivity contribution in [1.29, 1.82) is 0 Å². The van der Waals surface area contributed by atoms with Gasteiger partial charge in [0.15, 0.2) is 11.5 Å². The number of nitrogens with zero attached hydrogens (tertiary/aromatic N) is 2. The van der Waals surface area contributed by atoms with Gasteiger partial charge in [0.1, 0.15) is 0 Å². The maximum atomic E-state index is 9.94. The van der Waals surface area contributed by atoms with Crippen LogP contribution in [0.5, 0.6) is 17.2 Å². The monoisotopic (exact) mass is 440 g/mol. The third-order valence-corrected chi connectivity index (χ3v) is 7.07. The van der Waals surface area contributed by atoms with Crippen LogP contribution in [0.25, 0.3) is 0 Å². The Hall–Kier alpha value is -2.47. The summed E-state index contributed by atoms with van der Waals surface area (Å²) >= 11 is 0. The summed E-state index contributed by atoms with van der Waals surface area (Å²) in [6, 6.07) is 2.15. The van der Waals surface area contributed by atoms with Crippen LogP contribution in [0.1, 0.15) is 69.5 Å². The SMILES string of the molecule is COc1c2c(cc3c1[C@H](C/C(=N/O)C1=CC[C@H](CCC=C(C)C)CC1)N(C)CC3)OCO2. The number of ether oxygens (including phenoxy) is 3. The summed E-state index contributed by atoms with van der Waals surface area (Å²) in [5.41, 5.74) is 5.72. The normalized spacial score (nSPS) is 22.9. The van der Waals surface area contributed by atoms with Crippen molar-refractivity contribution in [3.8, 4) is 17.2 Å². The Bertz CT molecular complexity index is 930. The molecule has 0 unspecified atom stereocenters. The van der Waals surface area contributed by atoms with Crippen LogP contribution in [-0.2, 0) is 6.42 Å². The lowest BCUT2D eigenvalue weighted by Gasteiger charge is -2.36. The molecule has 0 aromatic heterocycles. The molecule has 2 atom stereocenters. The second-order valence-corrected chi connectivity index (χ2v) is 9.44. The third-order valence-electron chi connectivity index (χ3n) is 7.07. The summed E-state index contributed by atoms with van der Waals surface area (Å²) in [6.07, 6.45) is 11.8. The molecule has 0 fully saturated rings. The van der Waals surface area contributed by atoms with E-state index in [2.05, 4.69) is 49.2 Å². The van der Waals surface area contributed by atoms with E-state index < -0.39 is 0 Å². The van der Waals surface area contributed by atoms with Crippen molar-refractivity contribution in [2.24, 2.45) is 11.1 Å². The quantitative estimate of drug-likeness (QED) is 0.257. The first-order valence-corrected chi connectivity index (χ1v) is 11.7. The Kier molecular flexibility index (Phi) is 7.09. The van der Waals surface area contributed by atoms with Gasteiger partial charge in [-0.05, 0) is 82.5 Å². The second kappa shape index (κ2) is 9.99. The summed E-state index contributed by atoms with van der Waals surface area (Å²) < 4.78 is 17.2. The number of likely N-dealkylation sites (N-methyl/N-ethyl adjacent to an activating group) is 1. The van der Waals surface area contributed by atoms with Crippen molar-refractivity contribution >= 4 is 5.71 Å². The van der Waals surface area contributed by atoms with E-state index in [9.17, 15) is 5.21 Å². The van der Waals surface area contributed by atoms with Crippen molar-refractivity contribution in [3.63, 3.8) is 0 Å². The molecule has 1 aliphatic carbocycles. The standard InChI is InChI=1S/C26H36N2O4/c1-17(2)6-5-7-18-8-10-19(11-9-18)21(27-29)15-22-24-20(12-13-28(22)3)14-23-25(26(24)30-4)32-16-31-23/h6,10,14,18,22,29H,5,7-9,11-13,15-16H2,1-4H3/b27-21-/t18-,22-/m0/s1. The molecule has 2 aliphatic heterocycles. The zero-order valence-corrected chi connectivity index (χ0v) is 19.8. The fraction of sp³-hybridized carbons (Fsp3) is 0.577. The van der Waals surface area contributed by atoms with Crippen molar-refractivity contribution < 1.29 is 19.4 Å². The van der Waals surface area contributed by atoms with Gasteiger partial charge in [-0.3, -0.25) is 4.90 Å². The van der Waals surface area contributed by atoms with Crippen LogP contribution in [0.3, 0.4) is 0 Å². The van der Waals surface area contributed by atoms with Crippen molar-refractivity contribution in [2.45, 2.75) is 64.8 Å². The zero-order chi connectivity index (χ0) is 22.7. The maximum Gasteiger partial charge on any atom is 0.231 e. The number of hydrogen-bond donors (Lipinski definition) is 1. The van der Waals surface area contributed by atoms with E-state index in [-0.39, 0.29) is 12.8 Å². The summed E-state index contributed by atoms with van der Waals surface area (Å²) in [4.78, 5) is 2.32. The van der Waals surface area contributed by atoms with Crippen LogP contribution >= 0.6 is 0 Å². The van der Waals surface area contributed by atoms with E-state index in [4.69, 9.17) is 14.2 Å². The number of allylic oxidation sites excluding steroid dienone is 4. The first kappa shape index (κ1) is 22.7. The third kappa shape index (κ3) is 4.65. The molecule has 0 saturated heterocycles. The van der Waals surface area contributed by atoms with Gasteiger partial charge in [0.2, 0.25) is 12.5 Å². The molecule has 174 valence electrons. The molecule has 1 aromatic carbocycles. The van der Waals surface area contributed by atoms with Gasteiger partial charge in [0, 0.05) is 24.6 Å². The molecule has 1 N–H and O–H groups in total. The summed E-state index contributed by atoms with van der Waals surface area (Å²) in [7, 11) is 3.81. The number of fused-ring (bicyclic) bond motifs is 2. The first-order chi connectivity index (χ1) is 15.5. The zero-order valence-electron chi connectivity index (χ0n) is 19.8. The average Bonchev–Trinajstić information content (AvgIpc) is 3.26. The Morgan fingerprint density at radius 2 is 2.16 bits per heavy atom. The van der Waals surface area contributed by atoms with Crippen LogP contribution in [0.4, 0.5) is 0 Å². The number of oxime groups is 1. The van der Waals surface area contributed by atoms with Gasteiger partial charge in [-0.15, -0.1) is 0 Å². The molecule has 0 radical (unpaired) electrons. The number of hydrogen-bond acceptors (Lipinski definition) is 6. The van der Waals surface area contributed by atoms with Gasteiger partial charge in [0.25, 0.3) is 0 Å². The van der Waals surface area contributed by atoms with E-state index in [0.29, 0.717) is 18.1 Å². The van der Waals surface area contributed by atoms with Crippen LogP contribution in [0, 0.1) is 5.92 Å². The van der Waals surface area contributed by atoms with Crippen LogP contribution in [0.15, 0.2) is 34.5 Å². The Labute approximate surface area is 191 Å². The number of methoxy groups -OCH3 is 1. The van der Waals surface area contributed by atoms with Crippen LogP contribution < -0.4 is 14.2 Å². The van der Waals surface area contributed by atoms with Crippen molar-refractivity contribution in [3.05, 3.63) is 40.5 Å². The Morgan fingerprint density at radius 1 is 1.31 bits per heavy atom. The molecule has 3 aliphatic rings. The molecule has 0 spiro atoms. The predicted molar refractivity (Wildman–Crippen MR) is 126 cm³/mol. The lowest BCUT2D eigenvalue weighted by Crippen LogP contribution is -2.34. The Balaban J connectivity index is 1.53. The van der Waals surface area contributed by atoms with Crippen molar-refractivity contribution in [2.75, 3.05) is 27.5 Å². The highest BCUT2D eigenvalue weighted by molar-refractivity contribution is 6.00. The molecule has 0 bridgehead atoms. The predicted octanol–water partition coefficient (Wildman–Crippen LogP) is 5.65. The van der Waals surface area contributed by atoms with Gasteiger partial charge < -0.3 is 19.4 Å². The van der Waals surface area contributed by atoms with Crippen LogP contribution in [0.2, 0.25) is 0 Å². The van der Waals surface area contributed by atoms with E-state index in [0.717, 1.165) is 61.4 Å². The molecule has 4 rings (SSSR count). The van der Waals surface area contributed by atoms with Crippen molar-refractivity contribution in [1.82, 2.24) is 4.90 Å². The van der Waals surface area contributed by atoms with Gasteiger partial charge in [-0.1, -0.05) is 22.9 Å². The summed E-state index contributed by atoms with van der Waals surface area (Å²) in [6.45, 7) is 5.47. The average molecular weight is 441 g/mol. The van der Waals surface area contributed by atoms with Crippen LogP contribution in [-0.4, -0.2) is 43.3 Å². The fourth-order valence-electron chi connectivity index (χ4n) is 5.22. The highest BCUT2D eigenvalue weighted by Gasteiger charge is 2.35. The number of benzene rings is 1.